The molecule has 0 radical (unpaired) electrons. The van der Waals surface area contributed by atoms with Crippen molar-refractivity contribution in [2.45, 2.75) is 97.0 Å². The first kappa shape index (κ1) is 33.5. The topological polar surface area (TPSA) is 141 Å². The number of alkyl halides is 3. The molecule has 42 heavy (non-hydrogen) atoms. The number of piperidine rings is 1. The molecule has 236 valence electrons. The Balaban J connectivity index is 0.000000219. The molecule has 2 aliphatic heterocycles. The van der Waals surface area contributed by atoms with Crippen LogP contribution in [0.1, 0.15) is 73.1 Å². The van der Waals surface area contributed by atoms with E-state index in [-0.39, 0.29) is 35.2 Å². The Morgan fingerprint density at radius 3 is 2.19 bits per heavy atom. The van der Waals surface area contributed by atoms with Crippen molar-refractivity contribution in [1.29, 1.82) is 5.26 Å². The van der Waals surface area contributed by atoms with Gasteiger partial charge in [-0.05, 0) is 61.7 Å². The van der Waals surface area contributed by atoms with Gasteiger partial charge in [0.1, 0.15) is 12.6 Å². The van der Waals surface area contributed by atoms with E-state index in [0.29, 0.717) is 50.6 Å². The molecule has 3 saturated carbocycles. The molecule has 2 saturated heterocycles. The number of nitrogens with one attached hydrogen (secondary N) is 3. The quantitative estimate of drug-likeness (QED) is 0.365. The SMILES string of the molecule is CC(C)C.CC1(C)C2CN(C(=O)CNC(=O)OC(C3CC3)C(F)(F)F)CC21.N#CC(CC1CC2(CC2)NC1=O)NC=O. The molecule has 5 rings (SSSR count). The molecule has 0 bridgehead atoms. The standard InChI is InChI=1S/C15H21F3N2O3.C10H13N3O2.C4H10/c1-14(2)9-6-20(7-10(9)14)11(21)5-19-13(22)23-12(8-3-4-8)15(16,17)18;11-5-8(12-6-14)3-7-4-10(1-2-10)13-9(7)15;1-4(2)3/h8-10,12H,3-7H2,1-2H3,(H,19,22);6-8H,1-4H2,(H,12,14)(H,13,15);4H,1-3H3. The highest BCUT2D eigenvalue weighted by atomic mass is 19.4. The zero-order valence-corrected chi connectivity index (χ0v) is 25.1. The first-order valence-corrected chi connectivity index (χ1v) is 14.7. The maximum Gasteiger partial charge on any atom is 0.425 e. The lowest BCUT2D eigenvalue weighted by atomic mass is 9.96. The van der Waals surface area contributed by atoms with Crippen molar-refractivity contribution in [3.63, 3.8) is 0 Å². The van der Waals surface area contributed by atoms with E-state index in [9.17, 15) is 32.3 Å². The minimum Gasteiger partial charge on any atom is -0.436 e. The summed E-state index contributed by atoms with van der Waals surface area (Å²) in [6, 6.07) is 1.43. The number of rotatable bonds is 8. The number of alkyl carbamates (subject to hydrolysis) is 1. The van der Waals surface area contributed by atoms with Gasteiger partial charge in [0, 0.05) is 30.5 Å². The molecule has 0 aromatic rings. The van der Waals surface area contributed by atoms with E-state index in [4.69, 9.17) is 5.26 Å². The number of nitrogens with zero attached hydrogens (tertiary/aromatic N) is 2. The van der Waals surface area contributed by atoms with Crippen molar-refractivity contribution in [3.05, 3.63) is 0 Å². The Labute approximate surface area is 245 Å². The van der Waals surface area contributed by atoms with Gasteiger partial charge in [0.25, 0.3) is 0 Å². The molecule has 4 amide bonds. The fourth-order valence-electron chi connectivity index (χ4n) is 5.76. The van der Waals surface area contributed by atoms with E-state index >= 15 is 0 Å². The molecule has 5 atom stereocenters. The summed E-state index contributed by atoms with van der Waals surface area (Å²) in [4.78, 5) is 46.9. The second kappa shape index (κ2) is 13.1. The Hall–Kier alpha value is -3.04. The van der Waals surface area contributed by atoms with Crippen LogP contribution in [-0.4, -0.2) is 72.7 Å². The lowest BCUT2D eigenvalue weighted by Gasteiger charge is -2.23. The highest BCUT2D eigenvalue weighted by Crippen LogP contribution is 2.61. The van der Waals surface area contributed by atoms with Gasteiger partial charge >= 0.3 is 12.3 Å². The smallest absolute Gasteiger partial charge is 0.425 e. The molecule has 13 heteroatoms. The van der Waals surface area contributed by atoms with Crippen LogP contribution in [0, 0.1) is 46.3 Å². The van der Waals surface area contributed by atoms with E-state index in [2.05, 4.69) is 55.3 Å². The largest absolute Gasteiger partial charge is 0.436 e. The van der Waals surface area contributed by atoms with Crippen LogP contribution >= 0.6 is 0 Å². The lowest BCUT2D eigenvalue weighted by Crippen LogP contribution is -2.44. The predicted octanol–water partition coefficient (Wildman–Crippen LogP) is 3.51. The summed E-state index contributed by atoms with van der Waals surface area (Å²) in [7, 11) is 0. The number of amides is 4. The van der Waals surface area contributed by atoms with E-state index in [1.54, 1.807) is 4.90 Å². The van der Waals surface area contributed by atoms with Crippen molar-refractivity contribution in [2.75, 3.05) is 19.6 Å². The third-order valence-corrected chi connectivity index (χ3v) is 8.66. The zero-order chi connectivity index (χ0) is 31.5. The minimum absolute atomic E-state index is 0.0282. The number of hydrogen-bond acceptors (Lipinski definition) is 6. The number of nitriles is 1. The summed E-state index contributed by atoms with van der Waals surface area (Å²) >= 11 is 0. The maximum atomic E-state index is 12.8. The molecular formula is C29H44F3N5O5. The van der Waals surface area contributed by atoms with Gasteiger partial charge < -0.3 is 25.6 Å². The average molecular weight is 600 g/mol. The van der Waals surface area contributed by atoms with E-state index in [1.165, 1.54) is 0 Å². The summed E-state index contributed by atoms with van der Waals surface area (Å²) in [5, 5.41) is 16.3. The first-order chi connectivity index (χ1) is 19.5. The third-order valence-electron chi connectivity index (χ3n) is 8.66. The van der Waals surface area contributed by atoms with Crippen molar-refractivity contribution in [3.8, 4) is 6.07 Å². The molecule has 0 aromatic heterocycles. The van der Waals surface area contributed by atoms with Crippen LogP contribution in [-0.2, 0) is 19.1 Å². The van der Waals surface area contributed by atoms with E-state index in [0.717, 1.165) is 25.2 Å². The minimum atomic E-state index is -4.57. The van der Waals surface area contributed by atoms with Gasteiger partial charge in [-0.25, -0.2) is 4.79 Å². The van der Waals surface area contributed by atoms with Gasteiger partial charge in [0.05, 0.1) is 6.07 Å². The van der Waals surface area contributed by atoms with Crippen molar-refractivity contribution in [2.24, 2.45) is 35.0 Å². The molecule has 5 fully saturated rings. The molecule has 3 aliphatic carbocycles. The molecule has 0 aromatic carbocycles. The molecule has 10 nitrogen and oxygen atoms in total. The number of carbonyl (C=O) groups excluding carboxylic acids is 4. The van der Waals surface area contributed by atoms with E-state index < -0.39 is 30.3 Å². The monoisotopic (exact) mass is 599 g/mol. The number of fused-ring (bicyclic) bond motifs is 1. The zero-order valence-electron chi connectivity index (χ0n) is 25.1. The van der Waals surface area contributed by atoms with Crippen molar-refractivity contribution in [1.82, 2.24) is 20.9 Å². The number of carbonyl (C=O) groups is 4. The van der Waals surface area contributed by atoms with Crippen LogP contribution in [0.4, 0.5) is 18.0 Å². The first-order valence-electron chi connectivity index (χ1n) is 14.7. The number of halogens is 3. The summed E-state index contributed by atoms with van der Waals surface area (Å²) in [6.07, 6.45) is -3.17. The van der Waals surface area contributed by atoms with Gasteiger partial charge in [-0.2, -0.15) is 18.4 Å². The van der Waals surface area contributed by atoms with E-state index in [1.807, 2.05) is 6.07 Å². The number of ether oxygens (including phenoxy) is 1. The molecule has 3 N–H and O–H groups in total. The molecule has 5 aliphatic rings. The number of likely N-dealkylation sites (tertiary alicyclic amines) is 1. The molecule has 1 spiro atoms. The molecule has 5 unspecified atom stereocenters. The summed E-state index contributed by atoms with van der Waals surface area (Å²) in [6.45, 7) is 11.8. The second-order valence-electron chi connectivity index (χ2n) is 13.5. The van der Waals surface area contributed by atoms with Crippen LogP contribution in [0.3, 0.4) is 0 Å². The van der Waals surface area contributed by atoms with Gasteiger partial charge in [0.2, 0.25) is 24.3 Å². The summed E-state index contributed by atoms with van der Waals surface area (Å²) < 4.78 is 42.7. The fourth-order valence-corrected chi connectivity index (χ4v) is 5.76. The molecular weight excluding hydrogens is 555 g/mol. The van der Waals surface area contributed by atoms with Crippen molar-refractivity contribution >= 4 is 24.3 Å². The summed E-state index contributed by atoms with van der Waals surface area (Å²) in [5.41, 5.74) is 0.316. The molecule has 2 heterocycles. The maximum absolute atomic E-state index is 12.8. The van der Waals surface area contributed by atoms with Gasteiger partial charge in [-0.15, -0.1) is 0 Å². The lowest BCUT2D eigenvalue weighted by molar-refractivity contribution is -0.209. The van der Waals surface area contributed by atoms with Crippen LogP contribution in [0.15, 0.2) is 0 Å². The Morgan fingerprint density at radius 2 is 1.76 bits per heavy atom. The summed E-state index contributed by atoms with van der Waals surface area (Å²) in [5.74, 6) is 0.792. The van der Waals surface area contributed by atoms with Crippen LogP contribution in [0.2, 0.25) is 0 Å². The second-order valence-corrected chi connectivity index (χ2v) is 13.5. The van der Waals surface area contributed by atoms with Gasteiger partial charge in [-0.3, -0.25) is 14.4 Å². The van der Waals surface area contributed by atoms with Crippen molar-refractivity contribution < 1.29 is 37.1 Å². The fraction of sp³-hybridized carbons (Fsp3) is 0.828. The van der Waals surface area contributed by atoms with Crippen LogP contribution in [0.5, 0.6) is 0 Å². The van der Waals surface area contributed by atoms with Crippen LogP contribution < -0.4 is 16.0 Å². The highest BCUT2D eigenvalue weighted by Gasteiger charge is 2.62. The third kappa shape index (κ3) is 8.98. The number of hydrogen-bond donors (Lipinski definition) is 3. The Morgan fingerprint density at radius 1 is 1.19 bits per heavy atom. The Bertz CT molecular complexity index is 1030. The Kier molecular flexibility index (Phi) is 10.4. The normalized spacial score (nSPS) is 27.1. The van der Waals surface area contributed by atoms with Gasteiger partial charge in [-0.1, -0.05) is 34.6 Å². The van der Waals surface area contributed by atoms with Crippen LogP contribution in [0.25, 0.3) is 0 Å². The van der Waals surface area contributed by atoms with Gasteiger partial charge in [0.15, 0.2) is 0 Å². The predicted molar refractivity (Wildman–Crippen MR) is 146 cm³/mol. The highest BCUT2D eigenvalue weighted by molar-refractivity contribution is 5.83. The average Bonchev–Trinajstić information content (AvgIpc) is 3.84.